The molecule has 0 radical (unpaired) electrons. The fraction of sp³-hybridized carbons (Fsp3) is 0.444. The molecular weight excluding hydrogens is 288 g/mol. The summed E-state index contributed by atoms with van der Waals surface area (Å²) in [6.45, 7) is 2.06. The fourth-order valence-electron chi connectivity index (χ4n) is 3.05. The van der Waals surface area contributed by atoms with Gasteiger partial charge in [-0.2, -0.15) is 4.98 Å². The van der Waals surface area contributed by atoms with Gasteiger partial charge in [-0.1, -0.05) is 12.1 Å². The van der Waals surface area contributed by atoms with Gasteiger partial charge in [0.25, 0.3) is 0 Å². The average Bonchev–Trinajstić information content (AvgIpc) is 2.62. The van der Waals surface area contributed by atoms with Crippen LogP contribution in [0.15, 0.2) is 36.5 Å². The SMILES string of the molecule is COc1ccc(C2CCN(c3ccnc(N(C)C)n3)CC2)cc1. The van der Waals surface area contributed by atoms with Crippen molar-refractivity contribution in [2.75, 3.05) is 44.1 Å². The number of anilines is 2. The van der Waals surface area contributed by atoms with Gasteiger partial charge in [-0.3, -0.25) is 0 Å². The summed E-state index contributed by atoms with van der Waals surface area (Å²) in [7, 11) is 5.64. The Hall–Kier alpha value is -2.30. The van der Waals surface area contributed by atoms with E-state index in [1.54, 1.807) is 7.11 Å². The van der Waals surface area contributed by atoms with Crippen LogP contribution in [0.3, 0.4) is 0 Å². The highest BCUT2D eigenvalue weighted by molar-refractivity contribution is 5.44. The zero-order valence-corrected chi connectivity index (χ0v) is 14.1. The lowest BCUT2D eigenvalue weighted by Gasteiger charge is -2.33. The molecule has 1 saturated heterocycles. The van der Waals surface area contributed by atoms with Crippen LogP contribution in [0.1, 0.15) is 24.3 Å². The summed E-state index contributed by atoms with van der Waals surface area (Å²) in [5.41, 5.74) is 1.40. The Bertz CT molecular complexity index is 634. The molecule has 5 nitrogen and oxygen atoms in total. The molecule has 3 rings (SSSR count). The molecule has 0 saturated carbocycles. The highest BCUT2D eigenvalue weighted by Gasteiger charge is 2.21. The Labute approximate surface area is 137 Å². The third-order valence-electron chi connectivity index (χ3n) is 4.43. The number of ether oxygens (including phenoxy) is 1. The lowest BCUT2D eigenvalue weighted by molar-refractivity contribution is 0.414. The Morgan fingerprint density at radius 2 is 1.78 bits per heavy atom. The van der Waals surface area contributed by atoms with Gasteiger partial charge in [-0.15, -0.1) is 0 Å². The van der Waals surface area contributed by atoms with Gasteiger partial charge in [0.2, 0.25) is 5.95 Å². The Morgan fingerprint density at radius 3 is 2.39 bits per heavy atom. The van der Waals surface area contributed by atoms with Crippen LogP contribution in [0, 0.1) is 0 Å². The first-order chi connectivity index (χ1) is 11.2. The predicted molar refractivity (Wildman–Crippen MR) is 93.5 cm³/mol. The van der Waals surface area contributed by atoms with E-state index in [-0.39, 0.29) is 0 Å². The Kier molecular flexibility index (Phi) is 4.65. The maximum Gasteiger partial charge on any atom is 0.226 e. The van der Waals surface area contributed by atoms with E-state index in [2.05, 4.69) is 39.1 Å². The minimum atomic E-state index is 0.618. The molecule has 1 aromatic heterocycles. The van der Waals surface area contributed by atoms with E-state index >= 15 is 0 Å². The van der Waals surface area contributed by atoms with Crippen LogP contribution in [0.5, 0.6) is 5.75 Å². The number of nitrogens with zero attached hydrogens (tertiary/aromatic N) is 4. The largest absolute Gasteiger partial charge is 0.497 e. The van der Waals surface area contributed by atoms with E-state index in [1.807, 2.05) is 31.3 Å². The monoisotopic (exact) mass is 312 g/mol. The fourth-order valence-corrected chi connectivity index (χ4v) is 3.05. The quantitative estimate of drug-likeness (QED) is 0.868. The molecular formula is C18H24N4O. The molecule has 23 heavy (non-hydrogen) atoms. The maximum absolute atomic E-state index is 5.24. The standard InChI is InChI=1S/C18H24N4O/c1-21(2)18-19-11-8-17(20-18)22-12-9-15(10-13-22)14-4-6-16(23-3)7-5-14/h4-8,11,15H,9-10,12-13H2,1-3H3. The average molecular weight is 312 g/mol. The minimum absolute atomic E-state index is 0.618. The summed E-state index contributed by atoms with van der Waals surface area (Å²) >= 11 is 0. The number of hydrogen-bond donors (Lipinski definition) is 0. The van der Waals surface area contributed by atoms with Gasteiger partial charge in [-0.25, -0.2) is 4.98 Å². The second-order valence-corrected chi connectivity index (χ2v) is 6.14. The Balaban J connectivity index is 1.64. The van der Waals surface area contributed by atoms with Gasteiger partial charge >= 0.3 is 0 Å². The van der Waals surface area contributed by atoms with E-state index in [9.17, 15) is 0 Å². The van der Waals surface area contributed by atoms with E-state index in [0.717, 1.165) is 43.4 Å². The summed E-state index contributed by atoms with van der Waals surface area (Å²) in [6, 6.07) is 10.5. The summed E-state index contributed by atoms with van der Waals surface area (Å²) in [5, 5.41) is 0. The van der Waals surface area contributed by atoms with Crippen molar-refractivity contribution in [2.45, 2.75) is 18.8 Å². The zero-order chi connectivity index (χ0) is 16.2. The molecule has 0 spiro atoms. The van der Waals surface area contributed by atoms with Gasteiger partial charge < -0.3 is 14.5 Å². The first-order valence-corrected chi connectivity index (χ1v) is 8.06. The second-order valence-electron chi connectivity index (χ2n) is 6.14. The molecule has 1 fully saturated rings. The number of methoxy groups -OCH3 is 1. The van der Waals surface area contributed by atoms with Gasteiger partial charge in [0.1, 0.15) is 11.6 Å². The number of rotatable bonds is 4. The molecule has 0 N–H and O–H groups in total. The van der Waals surface area contributed by atoms with E-state index < -0.39 is 0 Å². The molecule has 0 amide bonds. The number of piperidine rings is 1. The highest BCUT2D eigenvalue weighted by Crippen LogP contribution is 2.30. The first-order valence-electron chi connectivity index (χ1n) is 8.06. The Morgan fingerprint density at radius 1 is 1.09 bits per heavy atom. The van der Waals surface area contributed by atoms with Crippen molar-refractivity contribution < 1.29 is 4.74 Å². The van der Waals surface area contributed by atoms with Crippen LogP contribution in [-0.4, -0.2) is 44.3 Å². The first kappa shape index (κ1) is 15.6. The van der Waals surface area contributed by atoms with Crippen LogP contribution >= 0.6 is 0 Å². The van der Waals surface area contributed by atoms with Crippen molar-refractivity contribution >= 4 is 11.8 Å². The van der Waals surface area contributed by atoms with Crippen LogP contribution < -0.4 is 14.5 Å². The smallest absolute Gasteiger partial charge is 0.226 e. The van der Waals surface area contributed by atoms with Gasteiger partial charge in [0.15, 0.2) is 0 Å². The summed E-state index contributed by atoms with van der Waals surface area (Å²) in [5.74, 6) is 3.33. The second kappa shape index (κ2) is 6.86. The molecule has 0 aliphatic carbocycles. The molecule has 2 aromatic rings. The minimum Gasteiger partial charge on any atom is -0.497 e. The topological polar surface area (TPSA) is 41.5 Å². The van der Waals surface area contributed by atoms with Gasteiger partial charge in [-0.05, 0) is 42.5 Å². The molecule has 2 heterocycles. The lowest BCUT2D eigenvalue weighted by Crippen LogP contribution is -2.33. The maximum atomic E-state index is 5.24. The zero-order valence-electron chi connectivity index (χ0n) is 14.1. The summed E-state index contributed by atoms with van der Waals surface area (Å²) in [4.78, 5) is 13.2. The van der Waals surface area contributed by atoms with Crippen molar-refractivity contribution in [3.63, 3.8) is 0 Å². The molecule has 1 aromatic carbocycles. The molecule has 122 valence electrons. The van der Waals surface area contributed by atoms with E-state index in [4.69, 9.17) is 4.74 Å². The summed E-state index contributed by atoms with van der Waals surface area (Å²) < 4.78 is 5.24. The van der Waals surface area contributed by atoms with Gasteiger partial charge in [0, 0.05) is 33.4 Å². The number of benzene rings is 1. The molecule has 1 aliphatic rings. The van der Waals surface area contributed by atoms with Crippen LogP contribution in [0.4, 0.5) is 11.8 Å². The van der Waals surface area contributed by atoms with Crippen molar-refractivity contribution in [1.82, 2.24) is 9.97 Å². The van der Waals surface area contributed by atoms with Gasteiger partial charge in [0.05, 0.1) is 7.11 Å². The predicted octanol–water partition coefficient (Wildman–Crippen LogP) is 2.94. The van der Waals surface area contributed by atoms with E-state index in [0.29, 0.717) is 5.92 Å². The normalized spacial score (nSPS) is 15.5. The van der Waals surface area contributed by atoms with Crippen LogP contribution in [-0.2, 0) is 0 Å². The lowest BCUT2D eigenvalue weighted by atomic mass is 9.89. The van der Waals surface area contributed by atoms with E-state index in [1.165, 1.54) is 5.56 Å². The van der Waals surface area contributed by atoms with Crippen LogP contribution in [0.25, 0.3) is 0 Å². The third kappa shape index (κ3) is 3.55. The van der Waals surface area contributed by atoms with Crippen molar-refractivity contribution in [3.05, 3.63) is 42.1 Å². The molecule has 0 bridgehead atoms. The van der Waals surface area contributed by atoms with Crippen molar-refractivity contribution in [1.29, 1.82) is 0 Å². The van der Waals surface area contributed by atoms with Crippen molar-refractivity contribution in [3.8, 4) is 5.75 Å². The molecule has 1 aliphatic heterocycles. The highest BCUT2D eigenvalue weighted by atomic mass is 16.5. The number of aromatic nitrogens is 2. The molecule has 0 atom stereocenters. The molecule has 0 unspecified atom stereocenters. The third-order valence-corrected chi connectivity index (χ3v) is 4.43. The molecule has 5 heteroatoms. The van der Waals surface area contributed by atoms with Crippen molar-refractivity contribution in [2.24, 2.45) is 0 Å². The summed E-state index contributed by atoms with van der Waals surface area (Å²) in [6.07, 6.45) is 4.13. The number of hydrogen-bond acceptors (Lipinski definition) is 5. The van der Waals surface area contributed by atoms with Crippen LogP contribution in [0.2, 0.25) is 0 Å².